The van der Waals surface area contributed by atoms with Crippen LogP contribution in [0.1, 0.15) is 94.8 Å². The first-order valence-corrected chi connectivity index (χ1v) is 16.1. The number of nitrogens with zero attached hydrogens (tertiary/aromatic N) is 2. The molecule has 0 saturated heterocycles. The minimum absolute atomic E-state index is 0.171. The lowest BCUT2D eigenvalue weighted by Gasteiger charge is -2.35. The van der Waals surface area contributed by atoms with Gasteiger partial charge >= 0.3 is 0 Å². The molecule has 0 unspecified atom stereocenters. The van der Waals surface area contributed by atoms with E-state index in [0.29, 0.717) is 58.7 Å². The molecule has 2 heterocycles. The first-order chi connectivity index (χ1) is 20.2. The summed E-state index contributed by atoms with van der Waals surface area (Å²) in [6.07, 6.45) is 2.73. The Labute approximate surface area is 259 Å². The van der Waals surface area contributed by atoms with Crippen LogP contribution in [0.2, 0.25) is 0 Å². The number of amides is 4. The third kappa shape index (κ3) is 3.31. The summed E-state index contributed by atoms with van der Waals surface area (Å²) in [5, 5.41) is 6.38. The van der Waals surface area contributed by atoms with Crippen LogP contribution >= 0.6 is 31.9 Å². The van der Waals surface area contributed by atoms with E-state index in [1.807, 2.05) is 64.1 Å². The Kier molecular flexibility index (Phi) is 6.26. The minimum atomic E-state index is -0.282. The average Bonchev–Trinajstić information content (AvgIpc) is 2.98. The van der Waals surface area contributed by atoms with Gasteiger partial charge < -0.3 is 0 Å². The molecule has 2 aliphatic heterocycles. The summed E-state index contributed by atoms with van der Waals surface area (Å²) in [6.45, 7) is 7.97. The molecule has 0 aliphatic carbocycles. The summed E-state index contributed by atoms with van der Waals surface area (Å²) in [7, 11) is 0. The van der Waals surface area contributed by atoms with Gasteiger partial charge in [-0.1, -0.05) is 71.7 Å². The lowest BCUT2D eigenvalue weighted by atomic mass is 9.81. The van der Waals surface area contributed by atoms with Crippen molar-refractivity contribution in [1.29, 1.82) is 0 Å². The Morgan fingerprint density at radius 2 is 0.857 bits per heavy atom. The van der Waals surface area contributed by atoms with E-state index >= 15 is 0 Å². The number of carbonyl (C=O) groups excluding carboxylic acids is 4. The number of fused-ring (bicyclic) bond motifs is 2. The summed E-state index contributed by atoms with van der Waals surface area (Å²) >= 11 is 7.57. The maximum atomic E-state index is 13.9. The van der Waals surface area contributed by atoms with Crippen molar-refractivity contribution in [2.75, 3.05) is 0 Å². The number of benzene rings is 5. The third-order valence-corrected chi connectivity index (χ3v) is 10.7. The quantitative estimate of drug-likeness (QED) is 0.102. The van der Waals surface area contributed by atoms with Crippen molar-refractivity contribution in [1.82, 2.24) is 9.80 Å². The van der Waals surface area contributed by atoms with Gasteiger partial charge in [-0.05, 0) is 66.1 Å². The van der Waals surface area contributed by atoms with E-state index in [0.717, 1.165) is 41.3 Å². The van der Waals surface area contributed by atoms with Crippen LogP contribution in [-0.2, 0) is 0 Å². The van der Waals surface area contributed by atoms with Crippen LogP contribution in [-0.4, -0.2) is 45.5 Å². The zero-order valence-electron chi connectivity index (χ0n) is 23.7. The highest BCUT2D eigenvalue weighted by atomic mass is 79.9. The van der Waals surface area contributed by atoms with Crippen LogP contribution in [0.3, 0.4) is 0 Å². The molecule has 6 nitrogen and oxygen atoms in total. The Bertz CT molecular complexity index is 1930. The lowest BCUT2D eigenvalue weighted by Crippen LogP contribution is -2.46. The molecule has 8 heteroatoms. The Morgan fingerprint density at radius 1 is 0.500 bits per heavy atom. The normalized spacial score (nSPS) is 15.3. The van der Waals surface area contributed by atoms with Gasteiger partial charge in [0.05, 0.1) is 0 Å². The molecular formula is C34H28Br2N2O4. The van der Waals surface area contributed by atoms with Crippen LogP contribution in [0.4, 0.5) is 0 Å². The van der Waals surface area contributed by atoms with Crippen LogP contribution in [0.25, 0.3) is 43.1 Å². The molecule has 0 aromatic heterocycles. The monoisotopic (exact) mass is 686 g/mol. The average molecular weight is 688 g/mol. The summed E-state index contributed by atoms with van der Waals surface area (Å²) in [4.78, 5) is 58.3. The van der Waals surface area contributed by atoms with Gasteiger partial charge in [-0.15, -0.1) is 0 Å². The lowest BCUT2D eigenvalue weighted by molar-refractivity contribution is 0.0514. The molecule has 0 bridgehead atoms. The topological polar surface area (TPSA) is 74.8 Å². The number of halogens is 2. The van der Waals surface area contributed by atoms with Gasteiger partial charge in [-0.3, -0.25) is 29.0 Å². The molecule has 0 radical (unpaired) electrons. The van der Waals surface area contributed by atoms with Gasteiger partial charge in [0.1, 0.15) is 0 Å². The van der Waals surface area contributed by atoms with Crippen molar-refractivity contribution in [2.45, 2.75) is 65.5 Å². The summed E-state index contributed by atoms with van der Waals surface area (Å²) in [5.41, 5.74) is 2.03. The molecule has 0 atom stereocenters. The second kappa shape index (κ2) is 9.58. The molecule has 212 valence electrons. The van der Waals surface area contributed by atoms with E-state index in [1.54, 1.807) is 0 Å². The maximum absolute atomic E-state index is 13.9. The molecule has 5 aromatic rings. The van der Waals surface area contributed by atoms with Crippen LogP contribution in [0.15, 0.2) is 45.3 Å². The number of hydrogen-bond donors (Lipinski definition) is 0. The van der Waals surface area contributed by atoms with Crippen molar-refractivity contribution in [3.8, 4) is 0 Å². The van der Waals surface area contributed by atoms with Gasteiger partial charge in [-0.2, -0.15) is 0 Å². The largest absolute Gasteiger partial charge is 0.271 e. The van der Waals surface area contributed by atoms with Crippen molar-refractivity contribution in [2.24, 2.45) is 0 Å². The molecule has 5 aromatic carbocycles. The second-order valence-corrected chi connectivity index (χ2v) is 13.0. The fourth-order valence-electron chi connectivity index (χ4n) is 7.38. The number of carbonyl (C=O) groups is 4. The molecule has 42 heavy (non-hydrogen) atoms. The molecule has 7 rings (SSSR count). The number of imide groups is 2. The van der Waals surface area contributed by atoms with Crippen LogP contribution in [0.5, 0.6) is 0 Å². The van der Waals surface area contributed by atoms with Gasteiger partial charge in [-0.25, -0.2) is 0 Å². The van der Waals surface area contributed by atoms with Crippen LogP contribution in [0, 0.1) is 0 Å². The van der Waals surface area contributed by atoms with Crippen molar-refractivity contribution in [3.63, 3.8) is 0 Å². The first kappa shape index (κ1) is 27.5. The standard InChI is InChI=1S/C34H28Br2N2O4/c1-5-15(6-2)37-31(39)19-11-9-17-25-18(10-12-20(26(19)25)32(37)40)29-24(36)14-22-27-21(13-23(35)28(17)30(27)29)33(41)38(34(22)42)16(7-3)8-4/h9-16H,5-8H2,1-4H3. The van der Waals surface area contributed by atoms with Crippen molar-refractivity contribution >= 4 is 98.6 Å². The maximum Gasteiger partial charge on any atom is 0.261 e. The van der Waals surface area contributed by atoms with E-state index < -0.39 is 0 Å². The predicted molar refractivity (Wildman–Crippen MR) is 173 cm³/mol. The SMILES string of the molecule is CCC(CC)N1C(=O)c2ccc3c4c(Br)cc5c6c(cc(Br)c(c7ccc(c2c37)C1=O)c64)C(=O)N(C(CC)CC)C5=O. The molecule has 0 saturated carbocycles. The summed E-state index contributed by atoms with van der Waals surface area (Å²) in [5.74, 6) is -1.10. The van der Waals surface area contributed by atoms with Crippen molar-refractivity contribution < 1.29 is 19.2 Å². The van der Waals surface area contributed by atoms with Gasteiger partial charge in [0.2, 0.25) is 0 Å². The second-order valence-electron chi connectivity index (χ2n) is 11.3. The summed E-state index contributed by atoms with van der Waals surface area (Å²) < 4.78 is 1.45. The van der Waals surface area contributed by atoms with E-state index in [2.05, 4.69) is 31.9 Å². The van der Waals surface area contributed by atoms with Gasteiger partial charge in [0.25, 0.3) is 23.6 Å². The highest BCUT2D eigenvalue weighted by Crippen LogP contribution is 2.50. The molecule has 0 spiro atoms. The number of hydrogen-bond acceptors (Lipinski definition) is 4. The Morgan fingerprint density at radius 3 is 1.24 bits per heavy atom. The van der Waals surface area contributed by atoms with E-state index in [4.69, 9.17) is 0 Å². The smallest absolute Gasteiger partial charge is 0.261 e. The molecule has 0 fully saturated rings. The van der Waals surface area contributed by atoms with E-state index in [1.165, 1.54) is 9.80 Å². The fourth-order valence-corrected chi connectivity index (χ4v) is 8.66. The summed E-state index contributed by atoms with van der Waals surface area (Å²) in [6, 6.07) is 10.8. The highest BCUT2D eigenvalue weighted by Gasteiger charge is 2.40. The van der Waals surface area contributed by atoms with Crippen molar-refractivity contribution in [3.05, 3.63) is 67.6 Å². The number of rotatable bonds is 6. The van der Waals surface area contributed by atoms with Gasteiger partial charge in [0.15, 0.2) is 0 Å². The zero-order valence-corrected chi connectivity index (χ0v) is 26.9. The highest BCUT2D eigenvalue weighted by molar-refractivity contribution is 9.11. The van der Waals surface area contributed by atoms with E-state index in [-0.39, 0.29) is 35.7 Å². The molecule has 4 amide bonds. The zero-order chi connectivity index (χ0) is 29.8. The minimum Gasteiger partial charge on any atom is -0.271 e. The fraction of sp³-hybridized carbons (Fsp3) is 0.294. The molecule has 2 aliphatic rings. The Hall–Kier alpha value is -3.36. The third-order valence-electron chi connectivity index (χ3n) is 9.42. The van der Waals surface area contributed by atoms with Gasteiger partial charge in [0, 0.05) is 70.2 Å². The first-order valence-electron chi connectivity index (χ1n) is 14.5. The predicted octanol–water partition coefficient (Wildman–Crippen LogP) is 8.83. The molecule has 0 N–H and O–H groups in total. The Balaban J connectivity index is 1.62. The van der Waals surface area contributed by atoms with Crippen LogP contribution < -0.4 is 0 Å². The molecular weight excluding hydrogens is 660 g/mol. The van der Waals surface area contributed by atoms with E-state index in [9.17, 15) is 19.2 Å².